The molecule has 0 bridgehead atoms. The Morgan fingerprint density at radius 2 is 1.52 bits per heavy atom. The molecule has 2 aromatic carbocycles. The summed E-state index contributed by atoms with van der Waals surface area (Å²) in [5, 5.41) is 7.38. The monoisotopic (exact) mass is 428 g/mol. The minimum Gasteiger partial charge on any atom is -0.272 e. The number of rotatable bonds is 4. The average molecular weight is 429 g/mol. The Hall–Kier alpha value is -2.29. The minimum absolute atomic E-state index is 0.147. The highest BCUT2D eigenvalue weighted by molar-refractivity contribution is 7.89. The van der Waals surface area contributed by atoms with E-state index in [-0.39, 0.29) is 5.92 Å². The van der Waals surface area contributed by atoms with Crippen LogP contribution in [0.3, 0.4) is 0 Å². The quantitative estimate of drug-likeness (QED) is 0.635. The van der Waals surface area contributed by atoms with Crippen molar-refractivity contribution in [2.45, 2.75) is 37.5 Å². The molecule has 1 aliphatic rings. The number of hydrogen-bond donors (Lipinski definition) is 1. The molecule has 0 aliphatic carbocycles. The fraction of sp³-hybridized carbons (Fsp3) is 0.333. The van der Waals surface area contributed by atoms with E-state index in [1.807, 2.05) is 54.8 Å². The van der Waals surface area contributed by atoms with Gasteiger partial charge in [0.05, 0.1) is 4.90 Å². The number of nitrogens with zero attached hydrogens (tertiary/aromatic N) is 3. The Balaban J connectivity index is 1.54. The number of aromatic nitrogens is 3. The van der Waals surface area contributed by atoms with Gasteiger partial charge in [-0.1, -0.05) is 35.4 Å². The zero-order chi connectivity index (χ0) is 20.6. The molecule has 0 amide bonds. The van der Waals surface area contributed by atoms with Gasteiger partial charge < -0.3 is 0 Å². The smallest absolute Gasteiger partial charge is 0.243 e. The van der Waals surface area contributed by atoms with Crippen LogP contribution in [0.5, 0.6) is 0 Å². The molecule has 0 saturated carbocycles. The number of hydrogen-bond acceptors (Lipinski definition) is 4. The summed E-state index contributed by atoms with van der Waals surface area (Å²) in [5.41, 5.74) is 3.19. The third-order valence-electron chi connectivity index (χ3n) is 5.47. The second-order valence-corrected chi connectivity index (χ2v) is 9.87. The van der Waals surface area contributed by atoms with E-state index in [2.05, 4.69) is 10.2 Å². The van der Waals surface area contributed by atoms with Crippen molar-refractivity contribution in [1.82, 2.24) is 19.1 Å². The highest BCUT2D eigenvalue weighted by Crippen LogP contribution is 2.31. The summed E-state index contributed by atoms with van der Waals surface area (Å²) in [5.74, 6) is 1.01. The second kappa shape index (κ2) is 7.85. The summed E-state index contributed by atoms with van der Waals surface area (Å²) < 4.78 is 30.0. The van der Waals surface area contributed by atoms with Crippen LogP contribution in [0.15, 0.2) is 53.4 Å². The molecule has 0 spiro atoms. The fourth-order valence-electron chi connectivity index (χ4n) is 3.74. The van der Waals surface area contributed by atoms with Crippen molar-refractivity contribution in [3.8, 4) is 5.69 Å². The van der Waals surface area contributed by atoms with Crippen LogP contribution in [-0.2, 0) is 10.0 Å². The third-order valence-corrected chi connectivity index (χ3v) is 7.66. The van der Waals surface area contributed by atoms with E-state index in [0.29, 0.717) is 35.6 Å². The van der Waals surface area contributed by atoms with Crippen LogP contribution in [0.2, 0.25) is 0 Å². The lowest BCUT2D eigenvalue weighted by Gasteiger charge is -2.31. The van der Waals surface area contributed by atoms with E-state index in [1.54, 1.807) is 16.4 Å². The highest BCUT2D eigenvalue weighted by Gasteiger charge is 2.32. The molecule has 0 atom stereocenters. The van der Waals surface area contributed by atoms with Gasteiger partial charge in [-0.15, -0.1) is 0 Å². The Labute approximate surface area is 176 Å². The maximum atomic E-state index is 12.9. The van der Waals surface area contributed by atoms with Crippen molar-refractivity contribution in [1.29, 1.82) is 0 Å². The van der Waals surface area contributed by atoms with Crippen molar-refractivity contribution in [3.63, 3.8) is 0 Å². The molecule has 152 valence electrons. The van der Waals surface area contributed by atoms with Gasteiger partial charge in [0.2, 0.25) is 10.0 Å². The molecule has 1 fully saturated rings. The highest BCUT2D eigenvalue weighted by atomic mass is 32.2. The number of aryl methyl sites for hydroxylation is 2. The molecule has 0 radical (unpaired) electrons. The second-order valence-electron chi connectivity index (χ2n) is 7.55. The van der Waals surface area contributed by atoms with E-state index < -0.39 is 10.0 Å². The van der Waals surface area contributed by atoms with Crippen molar-refractivity contribution >= 4 is 22.2 Å². The summed E-state index contributed by atoms with van der Waals surface area (Å²) >= 11 is 5.45. The number of benzene rings is 2. The lowest BCUT2D eigenvalue weighted by molar-refractivity contribution is 0.312. The van der Waals surface area contributed by atoms with E-state index >= 15 is 0 Å². The van der Waals surface area contributed by atoms with Crippen LogP contribution in [0.25, 0.3) is 5.69 Å². The molecule has 1 saturated heterocycles. The molecule has 1 aromatic heterocycles. The molecular weight excluding hydrogens is 404 g/mol. The normalized spacial score (nSPS) is 16.2. The van der Waals surface area contributed by atoms with E-state index in [9.17, 15) is 8.42 Å². The number of H-pyrrole nitrogens is 1. The number of piperidine rings is 1. The summed E-state index contributed by atoms with van der Waals surface area (Å²) in [6.07, 6.45) is 1.41. The predicted octanol–water partition coefficient (Wildman–Crippen LogP) is 4.12. The minimum atomic E-state index is -3.47. The zero-order valence-corrected chi connectivity index (χ0v) is 18.1. The Morgan fingerprint density at radius 3 is 2.10 bits per heavy atom. The maximum Gasteiger partial charge on any atom is 0.243 e. The van der Waals surface area contributed by atoms with Gasteiger partial charge in [-0.2, -0.15) is 9.40 Å². The van der Waals surface area contributed by atoms with E-state index in [0.717, 1.165) is 17.1 Å². The zero-order valence-electron chi connectivity index (χ0n) is 16.5. The van der Waals surface area contributed by atoms with Gasteiger partial charge in [-0.3, -0.25) is 9.67 Å². The van der Waals surface area contributed by atoms with Crippen LogP contribution in [-0.4, -0.2) is 40.6 Å². The Bertz CT molecular complexity index is 1150. The molecular formula is C21H24N4O2S2. The average Bonchev–Trinajstić information content (AvgIpc) is 3.10. The topological polar surface area (TPSA) is 71.0 Å². The Morgan fingerprint density at radius 1 is 0.966 bits per heavy atom. The molecule has 6 nitrogen and oxygen atoms in total. The van der Waals surface area contributed by atoms with Gasteiger partial charge in [0.25, 0.3) is 0 Å². The summed E-state index contributed by atoms with van der Waals surface area (Å²) in [4.78, 5) is 0.351. The van der Waals surface area contributed by atoms with E-state index in [4.69, 9.17) is 12.2 Å². The van der Waals surface area contributed by atoms with Crippen LogP contribution in [0.4, 0.5) is 0 Å². The first-order valence-corrected chi connectivity index (χ1v) is 11.5. The standard InChI is InChI=1S/C21H24N4O2S2/c1-15-3-7-18(8-4-15)25-20(22-23-21(25)28)17-11-13-24(14-12-17)29(26,27)19-9-5-16(2)6-10-19/h3-10,17H,11-14H2,1-2H3,(H,23,28). The summed E-state index contributed by atoms with van der Waals surface area (Å²) in [6, 6.07) is 15.2. The molecule has 1 aliphatic heterocycles. The molecule has 29 heavy (non-hydrogen) atoms. The largest absolute Gasteiger partial charge is 0.272 e. The van der Waals surface area contributed by atoms with Gasteiger partial charge in [-0.25, -0.2) is 8.42 Å². The van der Waals surface area contributed by atoms with Gasteiger partial charge in [-0.05, 0) is 63.2 Å². The van der Waals surface area contributed by atoms with Crippen LogP contribution >= 0.6 is 12.2 Å². The van der Waals surface area contributed by atoms with Gasteiger partial charge in [0, 0.05) is 24.7 Å². The SMILES string of the molecule is Cc1ccc(-n2c(C3CCN(S(=O)(=O)c4ccc(C)cc4)CC3)n[nH]c2=S)cc1. The van der Waals surface area contributed by atoms with Crippen molar-refractivity contribution in [3.05, 3.63) is 70.3 Å². The van der Waals surface area contributed by atoms with Gasteiger partial charge in [0.15, 0.2) is 4.77 Å². The van der Waals surface area contributed by atoms with E-state index in [1.165, 1.54) is 5.56 Å². The maximum absolute atomic E-state index is 12.9. The third kappa shape index (κ3) is 3.92. The van der Waals surface area contributed by atoms with Crippen molar-refractivity contribution in [2.24, 2.45) is 0 Å². The van der Waals surface area contributed by atoms with Crippen molar-refractivity contribution < 1.29 is 8.42 Å². The molecule has 2 heterocycles. The number of aromatic amines is 1. The molecule has 0 unspecified atom stereocenters. The molecule has 8 heteroatoms. The summed E-state index contributed by atoms with van der Waals surface area (Å²) in [6.45, 7) is 4.93. The fourth-order valence-corrected chi connectivity index (χ4v) is 5.45. The van der Waals surface area contributed by atoms with Gasteiger partial charge >= 0.3 is 0 Å². The molecule has 3 aromatic rings. The first-order chi connectivity index (χ1) is 13.9. The molecule has 1 N–H and O–H groups in total. The summed E-state index contributed by atoms with van der Waals surface area (Å²) in [7, 11) is -3.47. The van der Waals surface area contributed by atoms with Crippen LogP contribution in [0.1, 0.15) is 35.7 Å². The lowest BCUT2D eigenvalue weighted by Crippen LogP contribution is -2.38. The first kappa shape index (κ1) is 20.0. The van der Waals surface area contributed by atoms with Gasteiger partial charge in [0.1, 0.15) is 5.82 Å². The number of sulfonamides is 1. The lowest BCUT2D eigenvalue weighted by atomic mass is 9.97. The molecule has 4 rings (SSSR count). The van der Waals surface area contributed by atoms with Crippen LogP contribution < -0.4 is 0 Å². The van der Waals surface area contributed by atoms with Crippen molar-refractivity contribution in [2.75, 3.05) is 13.1 Å². The first-order valence-electron chi connectivity index (χ1n) is 9.67. The Kier molecular flexibility index (Phi) is 5.42. The van der Waals surface area contributed by atoms with Crippen LogP contribution in [0, 0.1) is 18.6 Å². The predicted molar refractivity (Wildman–Crippen MR) is 115 cm³/mol. The number of nitrogens with one attached hydrogen (secondary N) is 1.